The smallest absolute Gasteiger partial charge is 0.223 e. The van der Waals surface area contributed by atoms with Crippen LogP contribution in [0.3, 0.4) is 0 Å². The van der Waals surface area contributed by atoms with Crippen LogP contribution in [0.25, 0.3) is 10.2 Å². The molecule has 5 heteroatoms. The molecule has 0 saturated carbocycles. The first-order valence-corrected chi connectivity index (χ1v) is 6.19. The zero-order chi connectivity index (χ0) is 11.8. The summed E-state index contributed by atoms with van der Waals surface area (Å²) in [6.45, 7) is 6.43. The van der Waals surface area contributed by atoms with Gasteiger partial charge in [0.05, 0.1) is 5.39 Å². The maximum absolute atomic E-state index is 5.69. The summed E-state index contributed by atoms with van der Waals surface area (Å²) >= 11 is 1.58. The van der Waals surface area contributed by atoms with Gasteiger partial charge in [0, 0.05) is 5.54 Å². The number of rotatable bonds is 3. The van der Waals surface area contributed by atoms with E-state index in [1.165, 1.54) is 0 Å². The molecule has 3 N–H and O–H groups in total. The Balaban J connectivity index is 2.47. The van der Waals surface area contributed by atoms with Crippen LogP contribution < -0.4 is 11.1 Å². The fourth-order valence-electron chi connectivity index (χ4n) is 1.38. The van der Waals surface area contributed by atoms with Crippen LogP contribution in [-0.4, -0.2) is 15.5 Å². The average Bonchev–Trinajstić information content (AvgIpc) is 2.65. The number of nitrogens with zero attached hydrogens (tertiary/aromatic N) is 2. The molecule has 0 aliphatic heterocycles. The van der Waals surface area contributed by atoms with Gasteiger partial charge in [-0.3, -0.25) is 0 Å². The number of nitrogen functional groups attached to an aromatic ring is 1. The minimum atomic E-state index is 0.00958. The van der Waals surface area contributed by atoms with E-state index in [1.807, 2.05) is 11.4 Å². The highest BCUT2D eigenvalue weighted by atomic mass is 32.1. The van der Waals surface area contributed by atoms with Gasteiger partial charge in [-0.1, -0.05) is 6.92 Å². The third-order valence-electron chi connectivity index (χ3n) is 2.68. The molecule has 0 aliphatic carbocycles. The Kier molecular flexibility index (Phi) is 2.71. The van der Waals surface area contributed by atoms with Crippen LogP contribution in [0.1, 0.15) is 27.2 Å². The molecule has 0 aliphatic rings. The molecule has 0 fully saturated rings. The second-order valence-electron chi connectivity index (χ2n) is 4.43. The van der Waals surface area contributed by atoms with Gasteiger partial charge >= 0.3 is 0 Å². The zero-order valence-electron chi connectivity index (χ0n) is 9.74. The zero-order valence-corrected chi connectivity index (χ0v) is 10.6. The van der Waals surface area contributed by atoms with Gasteiger partial charge in [0.15, 0.2) is 0 Å². The second kappa shape index (κ2) is 3.90. The van der Waals surface area contributed by atoms with E-state index in [4.69, 9.17) is 5.73 Å². The van der Waals surface area contributed by atoms with Gasteiger partial charge < -0.3 is 11.1 Å². The Bertz CT molecular complexity index is 504. The first-order chi connectivity index (χ1) is 7.52. The van der Waals surface area contributed by atoms with Crippen molar-refractivity contribution in [1.82, 2.24) is 9.97 Å². The van der Waals surface area contributed by atoms with Crippen molar-refractivity contribution < 1.29 is 0 Å². The van der Waals surface area contributed by atoms with Gasteiger partial charge in [0.1, 0.15) is 10.6 Å². The van der Waals surface area contributed by atoms with Crippen LogP contribution in [0, 0.1) is 0 Å². The molecule has 16 heavy (non-hydrogen) atoms. The van der Waals surface area contributed by atoms with Crippen molar-refractivity contribution in [2.24, 2.45) is 0 Å². The van der Waals surface area contributed by atoms with Crippen LogP contribution >= 0.6 is 11.3 Å². The first-order valence-electron chi connectivity index (χ1n) is 5.31. The summed E-state index contributed by atoms with van der Waals surface area (Å²) < 4.78 is 0. The maximum Gasteiger partial charge on any atom is 0.223 e. The molecule has 0 saturated heterocycles. The predicted molar refractivity (Wildman–Crippen MR) is 69.8 cm³/mol. The van der Waals surface area contributed by atoms with Gasteiger partial charge in [-0.15, -0.1) is 11.3 Å². The van der Waals surface area contributed by atoms with Crippen LogP contribution in [0.5, 0.6) is 0 Å². The van der Waals surface area contributed by atoms with Crippen molar-refractivity contribution >= 4 is 33.3 Å². The van der Waals surface area contributed by atoms with Gasteiger partial charge in [-0.25, -0.2) is 4.98 Å². The number of nitrogens with one attached hydrogen (secondary N) is 1. The SMILES string of the molecule is CCC(C)(C)Nc1nc(N)nc2sccc12. The Morgan fingerprint density at radius 1 is 1.44 bits per heavy atom. The summed E-state index contributed by atoms with van der Waals surface area (Å²) in [6.07, 6.45) is 1.02. The summed E-state index contributed by atoms with van der Waals surface area (Å²) in [7, 11) is 0. The van der Waals surface area contributed by atoms with Crippen LogP contribution in [0.4, 0.5) is 11.8 Å². The average molecular weight is 236 g/mol. The summed E-state index contributed by atoms with van der Waals surface area (Å²) in [4.78, 5) is 9.40. The van der Waals surface area contributed by atoms with Crippen molar-refractivity contribution in [2.75, 3.05) is 11.1 Å². The number of anilines is 2. The monoisotopic (exact) mass is 236 g/mol. The summed E-state index contributed by atoms with van der Waals surface area (Å²) in [5.74, 6) is 1.15. The molecule has 2 heterocycles. The first kappa shape index (κ1) is 11.1. The van der Waals surface area contributed by atoms with E-state index >= 15 is 0 Å². The third kappa shape index (κ3) is 2.09. The minimum absolute atomic E-state index is 0.00958. The summed E-state index contributed by atoms with van der Waals surface area (Å²) in [5, 5.41) is 6.46. The van der Waals surface area contributed by atoms with Gasteiger partial charge in [0.2, 0.25) is 5.95 Å². The van der Waals surface area contributed by atoms with E-state index in [0.717, 1.165) is 22.5 Å². The number of hydrogen-bond acceptors (Lipinski definition) is 5. The predicted octanol–water partition coefficient (Wildman–Crippen LogP) is 2.87. The van der Waals surface area contributed by atoms with Gasteiger partial charge in [0.25, 0.3) is 0 Å². The van der Waals surface area contributed by atoms with E-state index in [9.17, 15) is 0 Å². The molecule has 0 amide bonds. The Morgan fingerprint density at radius 3 is 2.88 bits per heavy atom. The van der Waals surface area contributed by atoms with Crippen LogP contribution in [0.15, 0.2) is 11.4 Å². The molecule has 2 aromatic rings. The fourth-order valence-corrected chi connectivity index (χ4v) is 2.15. The molecular weight excluding hydrogens is 220 g/mol. The molecule has 0 radical (unpaired) electrons. The molecule has 4 nitrogen and oxygen atoms in total. The molecule has 0 aromatic carbocycles. The number of aromatic nitrogens is 2. The molecule has 86 valence electrons. The Hall–Kier alpha value is -1.36. The molecule has 0 bridgehead atoms. The lowest BCUT2D eigenvalue weighted by Crippen LogP contribution is -2.30. The number of hydrogen-bond donors (Lipinski definition) is 2. The lowest BCUT2D eigenvalue weighted by Gasteiger charge is -2.25. The fraction of sp³-hybridized carbons (Fsp3) is 0.455. The Labute approximate surface area is 98.9 Å². The van der Waals surface area contributed by atoms with Crippen molar-refractivity contribution in [2.45, 2.75) is 32.7 Å². The van der Waals surface area contributed by atoms with E-state index in [1.54, 1.807) is 11.3 Å². The van der Waals surface area contributed by atoms with Gasteiger partial charge in [-0.05, 0) is 31.7 Å². The lowest BCUT2D eigenvalue weighted by atomic mass is 10.0. The largest absolute Gasteiger partial charge is 0.368 e. The number of nitrogens with two attached hydrogens (primary N) is 1. The quantitative estimate of drug-likeness (QED) is 0.860. The highest BCUT2D eigenvalue weighted by molar-refractivity contribution is 7.16. The standard InChI is InChI=1S/C11H16N4S/c1-4-11(2,3)15-8-7-5-6-16-9(7)14-10(12)13-8/h5-6H,4H2,1-3H3,(H3,12,13,14,15). The highest BCUT2D eigenvalue weighted by Gasteiger charge is 2.17. The van der Waals surface area contributed by atoms with E-state index < -0.39 is 0 Å². The van der Waals surface area contributed by atoms with Crippen molar-refractivity contribution in [3.05, 3.63) is 11.4 Å². The van der Waals surface area contributed by atoms with Crippen LogP contribution in [0.2, 0.25) is 0 Å². The van der Waals surface area contributed by atoms with E-state index in [2.05, 4.69) is 36.1 Å². The van der Waals surface area contributed by atoms with Crippen molar-refractivity contribution in [1.29, 1.82) is 0 Å². The topological polar surface area (TPSA) is 63.8 Å². The molecule has 0 spiro atoms. The minimum Gasteiger partial charge on any atom is -0.368 e. The van der Waals surface area contributed by atoms with Gasteiger partial charge in [-0.2, -0.15) is 4.98 Å². The number of thiophene rings is 1. The Morgan fingerprint density at radius 2 is 2.19 bits per heavy atom. The van der Waals surface area contributed by atoms with E-state index in [-0.39, 0.29) is 5.54 Å². The number of fused-ring (bicyclic) bond motifs is 1. The third-order valence-corrected chi connectivity index (χ3v) is 3.49. The second-order valence-corrected chi connectivity index (χ2v) is 5.33. The van der Waals surface area contributed by atoms with Crippen LogP contribution in [-0.2, 0) is 0 Å². The highest BCUT2D eigenvalue weighted by Crippen LogP contribution is 2.28. The molecule has 2 rings (SSSR count). The molecular formula is C11H16N4S. The van der Waals surface area contributed by atoms with E-state index in [0.29, 0.717) is 5.95 Å². The maximum atomic E-state index is 5.69. The summed E-state index contributed by atoms with van der Waals surface area (Å²) in [6, 6.07) is 2.02. The van der Waals surface area contributed by atoms with Crippen molar-refractivity contribution in [3.8, 4) is 0 Å². The molecule has 2 aromatic heterocycles. The van der Waals surface area contributed by atoms with Crippen molar-refractivity contribution in [3.63, 3.8) is 0 Å². The normalized spacial score (nSPS) is 11.9. The summed E-state index contributed by atoms with van der Waals surface area (Å²) in [5.41, 5.74) is 5.70. The molecule has 0 unspecified atom stereocenters. The molecule has 0 atom stereocenters. The lowest BCUT2D eigenvalue weighted by molar-refractivity contribution is 0.546.